The lowest BCUT2D eigenvalue weighted by Gasteiger charge is -2.10. The number of nitrogen functional groups attached to an aromatic ring is 1. The van der Waals surface area contributed by atoms with Crippen LogP contribution >= 0.6 is 15.9 Å². The number of hydrogen-bond acceptors (Lipinski definition) is 3. The second kappa shape index (κ2) is 5.21. The van der Waals surface area contributed by atoms with Crippen molar-refractivity contribution in [3.05, 3.63) is 40.0 Å². The highest BCUT2D eigenvalue weighted by atomic mass is 79.9. The van der Waals surface area contributed by atoms with Crippen LogP contribution in [-0.2, 0) is 0 Å². The molecule has 0 aliphatic carbocycles. The minimum absolute atomic E-state index is 0.00666. The van der Waals surface area contributed by atoms with E-state index >= 15 is 0 Å². The van der Waals surface area contributed by atoms with Gasteiger partial charge in [0, 0.05) is 17.3 Å². The quantitative estimate of drug-likeness (QED) is 0.851. The van der Waals surface area contributed by atoms with Crippen molar-refractivity contribution in [2.45, 2.75) is 19.8 Å². The van der Waals surface area contributed by atoms with E-state index in [2.05, 4.69) is 25.9 Å². The summed E-state index contributed by atoms with van der Waals surface area (Å²) in [4.78, 5) is 8.39. The van der Waals surface area contributed by atoms with Gasteiger partial charge >= 0.3 is 0 Å². The zero-order chi connectivity index (χ0) is 14.2. The Morgan fingerprint density at radius 1 is 1.21 bits per heavy atom. The predicted molar refractivity (Wildman–Crippen MR) is 73.6 cm³/mol. The fraction of sp³-hybridized carbons (Fsp3) is 0.231. The number of nitrogens with two attached hydrogens (primary N) is 1. The van der Waals surface area contributed by atoms with Crippen molar-refractivity contribution >= 4 is 21.7 Å². The SMILES string of the molecule is CC(C)c1cc(N)nc(-c2ccc(F)c(F)c2Br)n1. The lowest BCUT2D eigenvalue weighted by Crippen LogP contribution is -2.02. The Hall–Kier alpha value is -1.56. The van der Waals surface area contributed by atoms with E-state index in [1.54, 1.807) is 6.07 Å². The Morgan fingerprint density at radius 2 is 1.89 bits per heavy atom. The molecule has 1 aromatic carbocycles. The van der Waals surface area contributed by atoms with Crippen molar-refractivity contribution in [2.75, 3.05) is 5.73 Å². The summed E-state index contributed by atoms with van der Waals surface area (Å²) in [5, 5.41) is 0. The molecule has 0 fully saturated rings. The maximum absolute atomic E-state index is 13.5. The largest absolute Gasteiger partial charge is 0.384 e. The van der Waals surface area contributed by atoms with Gasteiger partial charge in [-0.2, -0.15) is 0 Å². The van der Waals surface area contributed by atoms with Crippen molar-refractivity contribution in [3.63, 3.8) is 0 Å². The van der Waals surface area contributed by atoms with Crippen molar-refractivity contribution in [2.24, 2.45) is 0 Å². The van der Waals surface area contributed by atoms with Crippen LogP contribution in [0.4, 0.5) is 14.6 Å². The maximum atomic E-state index is 13.5. The van der Waals surface area contributed by atoms with Gasteiger partial charge in [0.15, 0.2) is 17.5 Å². The molecule has 0 aliphatic heterocycles. The smallest absolute Gasteiger partial charge is 0.173 e. The zero-order valence-corrected chi connectivity index (χ0v) is 12.0. The fourth-order valence-electron chi connectivity index (χ4n) is 1.60. The molecule has 0 bridgehead atoms. The number of nitrogens with zero attached hydrogens (tertiary/aromatic N) is 2. The third-order valence-electron chi connectivity index (χ3n) is 2.63. The lowest BCUT2D eigenvalue weighted by atomic mass is 10.1. The van der Waals surface area contributed by atoms with Gasteiger partial charge in [-0.15, -0.1) is 0 Å². The van der Waals surface area contributed by atoms with Gasteiger partial charge in [-0.05, 0) is 34.0 Å². The fourth-order valence-corrected chi connectivity index (χ4v) is 2.10. The number of aromatic nitrogens is 2. The number of anilines is 1. The van der Waals surface area contributed by atoms with Gasteiger partial charge in [0.1, 0.15) is 5.82 Å². The van der Waals surface area contributed by atoms with Gasteiger partial charge in [-0.1, -0.05) is 13.8 Å². The molecule has 3 nitrogen and oxygen atoms in total. The van der Waals surface area contributed by atoms with Crippen molar-refractivity contribution in [1.29, 1.82) is 0 Å². The minimum Gasteiger partial charge on any atom is -0.384 e. The summed E-state index contributed by atoms with van der Waals surface area (Å²) in [5.41, 5.74) is 6.84. The van der Waals surface area contributed by atoms with Crippen LogP contribution in [0.15, 0.2) is 22.7 Å². The normalized spacial score (nSPS) is 11.1. The molecule has 1 aromatic heterocycles. The van der Waals surface area contributed by atoms with E-state index in [9.17, 15) is 8.78 Å². The van der Waals surface area contributed by atoms with E-state index in [0.717, 1.165) is 11.8 Å². The summed E-state index contributed by atoms with van der Waals surface area (Å²) in [5.74, 6) is -1.16. The summed E-state index contributed by atoms with van der Waals surface area (Å²) in [6.45, 7) is 3.93. The van der Waals surface area contributed by atoms with Crippen LogP contribution in [0.25, 0.3) is 11.4 Å². The molecule has 100 valence electrons. The van der Waals surface area contributed by atoms with E-state index < -0.39 is 11.6 Å². The van der Waals surface area contributed by atoms with Gasteiger partial charge in [0.2, 0.25) is 0 Å². The highest BCUT2D eigenvalue weighted by molar-refractivity contribution is 9.10. The van der Waals surface area contributed by atoms with Gasteiger partial charge in [-0.3, -0.25) is 0 Å². The first-order chi connectivity index (χ1) is 8.90. The number of hydrogen-bond donors (Lipinski definition) is 1. The van der Waals surface area contributed by atoms with E-state index in [0.29, 0.717) is 11.4 Å². The molecule has 0 aliphatic rings. The number of halogens is 3. The third kappa shape index (κ3) is 2.73. The average molecular weight is 328 g/mol. The zero-order valence-electron chi connectivity index (χ0n) is 10.4. The van der Waals surface area contributed by atoms with E-state index in [1.807, 2.05) is 13.8 Å². The van der Waals surface area contributed by atoms with Gasteiger partial charge in [-0.25, -0.2) is 18.7 Å². The van der Waals surface area contributed by atoms with Crippen LogP contribution in [0.3, 0.4) is 0 Å². The first-order valence-electron chi connectivity index (χ1n) is 5.68. The monoisotopic (exact) mass is 327 g/mol. The summed E-state index contributed by atoms with van der Waals surface area (Å²) in [6, 6.07) is 4.13. The number of benzene rings is 1. The van der Waals surface area contributed by atoms with Crippen LogP contribution in [0, 0.1) is 11.6 Å². The Morgan fingerprint density at radius 3 is 2.53 bits per heavy atom. The Bertz CT molecular complexity index is 630. The van der Waals surface area contributed by atoms with Crippen LogP contribution in [-0.4, -0.2) is 9.97 Å². The first-order valence-corrected chi connectivity index (χ1v) is 6.47. The summed E-state index contributed by atoms with van der Waals surface area (Å²) in [6.07, 6.45) is 0. The highest BCUT2D eigenvalue weighted by Gasteiger charge is 2.16. The first kappa shape index (κ1) is 13.9. The van der Waals surface area contributed by atoms with E-state index in [-0.39, 0.29) is 16.2 Å². The molecule has 0 radical (unpaired) electrons. The Kier molecular flexibility index (Phi) is 3.80. The molecule has 0 saturated heterocycles. The summed E-state index contributed by atoms with van der Waals surface area (Å²) in [7, 11) is 0. The third-order valence-corrected chi connectivity index (χ3v) is 3.41. The second-order valence-corrected chi connectivity index (χ2v) is 5.21. The Labute approximate surface area is 118 Å². The van der Waals surface area contributed by atoms with Crippen LogP contribution < -0.4 is 5.73 Å². The lowest BCUT2D eigenvalue weighted by molar-refractivity contribution is 0.504. The second-order valence-electron chi connectivity index (χ2n) is 4.42. The molecule has 19 heavy (non-hydrogen) atoms. The molecule has 6 heteroatoms. The van der Waals surface area contributed by atoms with E-state index in [1.165, 1.54) is 6.07 Å². The molecule has 0 atom stereocenters. The maximum Gasteiger partial charge on any atom is 0.173 e. The molecular formula is C13H12BrF2N3. The predicted octanol–water partition coefficient (Wildman–Crippen LogP) is 3.89. The highest BCUT2D eigenvalue weighted by Crippen LogP contribution is 2.30. The van der Waals surface area contributed by atoms with Gasteiger partial charge in [0.25, 0.3) is 0 Å². The molecule has 2 rings (SSSR count). The summed E-state index contributed by atoms with van der Waals surface area (Å²) >= 11 is 3.02. The van der Waals surface area contributed by atoms with Gasteiger partial charge < -0.3 is 5.73 Å². The topological polar surface area (TPSA) is 51.8 Å². The van der Waals surface area contributed by atoms with Crippen LogP contribution in [0.1, 0.15) is 25.5 Å². The molecule has 0 amide bonds. The standard InChI is InChI=1S/C13H12BrF2N3/c1-6(2)9-5-10(17)19-13(18-9)7-3-4-8(15)12(16)11(7)14/h3-6H,1-2H3,(H2,17,18,19). The van der Waals surface area contributed by atoms with Gasteiger partial charge in [0.05, 0.1) is 4.47 Å². The summed E-state index contributed by atoms with van der Waals surface area (Å²) < 4.78 is 26.6. The molecule has 0 spiro atoms. The average Bonchev–Trinajstić information content (AvgIpc) is 2.35. The van der Waals surface area contributed by atoms with Crippen molar-refractivity contribution < 1.29 is 8.78 Å². The molecule has 0 unspecified atom stereocenters. The Balaban J connectivity index is 2.62. The molecule has 0 saturated carbocycles. The minimum atomic E-state index is -0.963. The molecule has 2 aromatic rings. The molecular weight excluding hydrogens is 316 g/mol. The van der Waals surface area contributed by atoms with Crippen molar-refractivity contribution in [1.82, 2.24) is 9.97 Å². The van der Waals surface area contributed by atoms with E-state index in [4.69, 9.17) is 5.73 Å². The van der Waals surface area contributed by atoms with Crippen LogP contribution in [0.2, 0.25) is 0 Å². The van der Waals surface area contributed by atoms with Crippen molar-refractivity contribution in [3.8, 4) is 11.4 Å². The van der Waals surface area contributed by atoms with Crippen LogP contribution in [0.5, 0.6) is 0 Å². The molecule has 2 N–H and O–H groups in total. The number of rotatable bonds is 2. The molecule has 1 heterocycles.